The van der Waals surface area contributed by atoms with E-state index in [2.05, 4.69) is 0 Å². The standard InChI is InChI=1S/C33H21ClN2O5/c34-25-11-5-4-10-24(25)30(37)29-28(20-13-16-21(17-14-20)36(40)41)33(31(38)22-8-2-3-9-23(22)32(33)39)27-18-15-19-7-1-6-12-26(19)35(27)29/h1-18,27-29H/t27-,28-,29-/m0/s1. The Morgan fingerprint density at radius 1 is 0.829 bits per heavy atom. The molecule has 4 aromatic carbocycles. The highest BCUT2D eigenvalue weighted by Crippen LogP contribution is 2.61. The molecule has 2 aliphatic heterocycles. The SMILES string of the molecule is O=C(c1ccccc1Cl)[C@@H]1[C@H](c2ccc([N+](=O)[O-])cc2)C2(C(=O)c3ccccc3C2=O)[C@@H]2C=Cc3ccccc3N12. The van der Waals surface area contributed by atoms with Gasteiger partial charge in [0, 0.05) is 40.4 Å². The van der Waals surface area contributed by atoms with Crippen molar-refractivity contribution in [3.8, 4) is 0 Å². The molecule has 1 saturated heterocycles. The third kappa shape index (κ3) is 3.36. The number of para-hydroxylation sites is 1. The molecule has 2 heterocycles. The molecule has 0 unspecified atom stereocenters. The number of ketones is 3. The highest BCUT2D eigenvalue weighted by atomic mass is 35.5. The van der Waals surface area contributed by atoms with Gasteiger partial charge >= 0.3 is 0 Å². The minimum Gasteiger partial charge on any atom is -0.352 e. The molecule has 41 heavy (non-hydrogen) atoms. The van der Waals surface area contributed by atoms with E-state index in [1.165, 1.54) is 12.1 Å². The number of nitro benzene ring substituents is 1. The summed E-state index contributed by atoms with van der Waals surface area (Å²) < 4.78 is 0. The van der Waals surface area contributed by atoms with Gasteiger partial charge in [0.2, 0.25) is 0 Å². The van der Waals surface area contributed by atoms with E-state index in [4.69, 9.17) is 11.6 Å². The third-order valence-electron chi connectivity index (χ3n) is 8.58. The second kappa shape index (κ2) is 9.08. The first-order valence-corrected chi connectivity index (χ1v) is 13.5. The van der Waals surface area contributed by atoms with Crippen LogP contribution in [0.25, 0.3) is 6.08 Å². The lowest BCUT2D eigenvalue weighted by molar-refractivity contribution is -0.384. The molecule has 1 spiro atoms. The van der Waals surface area contributed by atoms with E-state index < -0.39 is 28.3 Å². The van der Waals surface area contributed by atoms with E-state index in [-0.39, 0.29) is 33.6 Å². The largest absolute Gasteiger partial charge is 0.352 e. The molecule has 0 bridgehead atoms. The number of rotatable bonds is 4. The van der Waals surface area contributed by atoms with Crippen molar-refractivity contribution in [2.75, 3.05) is 4.90 Å². The molecule has 0 saturated carbocycles. The number of fused-ring (bicyclic) bond motifs is 5. The van der Waals surface area contributed by atoms with Crippen LogP contribution in [0, 0.1) is 15.5 Å². The maximum atomic E-state index is 14.6. The number of carbonyl (C=O) groups excluding carboxylic acids is 3. The zero-order valence-electron chi connectivity index (χ0n) is 21.4. The zero-order valence-corrected chi connectivity index (χ0v) is 22.2. The summed E-state index contributed by atoms with van der Waals surface area (Å²) in [6.07, 6.45) is 3.72. The lowest BCUT2D eigenvalue weighted by Gasteiger charge is -2.37. The van der Waals surface area contributed by atoms with Gasteiger partial charge in [-0.1, -0.05) is 90.5 Å². The number of anilines is 1. The fourth-order valence-corrected chi connectivity index (χ4v) is 7.14. The number of non-ortho nitro benzene ring substituents is 1. The summed E-state index contributed by atoms with van der Waals surface area (Å²) in [6, 6.07) is 24.9. The Labute approximate surface area is 239 Å². The molecule has 0 radical (unpaired) electrons. The Bertz CT molecular complexity index is 1790. The van der Waals surface area contributed by atoms with E-state index >= 15 is 0 Å². The highest BCUT2D eigenvalue weighted by molar-refractivity contribution is 6.35. The lowest BCUT2D eigenvalue weighted by atomic mass is 9.64. The van der Waals surface area contributed by atoms with Crippen molar-refractivity contribution in [3.05, 3.63) is 146 Å². The molecule has 0 amide bonds. The van der Waals surface area contributed by atoms with Gasteiger partial charge in [-0.25, -0.2) is 0 Å². The number of Topliss-reactive ketones (excluding diaryl/α,β-unsaturated/α-hetero) is 3. The Kier molecular flexibility index (Phi) is 5.56. The quantitative estimate of drug-likeness (QED) is 0.121. The molecular formula is C33H21ClN2O5. The van der Waals surface area contributed by atoms with Gasteiger partial charge in [0.05, 0.1) is 16.0 Å². The minimum absolute atomic E-state index is 0.134. The van der Waals surface area contributed by atoms with Gasteiger partial charge in [0.15, 0.2) is 17.3 Å². The monoisotopic (exact) mass is 560 g/mol. The van der Waals surface area contributed by atoms with E-state index in [0.29, 0.717) is 22.4 Å². The number of benzene rings is 4. The summed E-state index contributed by atoms with van der Waals surface area (Å²) >= 11 is 6.54. The highest BCUT2D eigenvalue weighted by Gasteiger charge is 2.71. The summed E-state index contributed by atoms with van der Waals surface area (Å²) in [5.41, 5.74) is 1.10. The van der Waals surface area contributed by atoms with E-state index in [1.54, 1.807) is 60.7 Å². The number of hydrogen-bond donors (Lipinski definition) is 0. The van der Waals surface area contributed by atoms with Crippen molar-refractivity contribution in [3.63, 3.8) is 0 Å². The molecule has 0 N–H and O–H groups in total. The molecular weight excluding hydrogens is 540 g/mol. The predicted molar refractivity (Wildman–Crippen MR) is 155 cm³/mol. The molecule has 3 atom stereocenters. The average molecular weight is 561 g/mol. The molecule has 200 valence electrons. The average Bonchev–Trinajstić information content (AvgIpc) is 3.43. The number of nitrogens with zero attached hydrogens (tertiary/aromatic N) is 2. The van der Waals surface area contributed by atoms with Crippen molar-refractivity contribution in [2.45, 2.75) is 18.0 Å². The summed E-state index contributed by atoms with van der Waals surface area (Å²) in [5, 5.41) is 11.7. The van der Waals surface area contributed by atoms with E-state index in [9.17, 15) is 24.5 Å². The second-order valence-corrected chi connectivity index (χ2v) is 10.9. The van der Waals surface area contributed by atoms with Crippen LogP contribution in [0.3, 0.4) is 0 Å². The topological polar surface area (TPSA) is 97.6 Å². The van der Waals surface area contributed by atoms with Crippen molar-refractivity contribution >= 4 is 46.4 Å². The van der Waals surface area contributed by atoms with Crippen molar-refractivity contribution in [1.29, 1.82) is 0 Å². The van der Waals surface area contributed by atoms with Crippen LogP contribution >= 0.6 is 11.6 Å². The first-order valence-electron chi connectivity index (χ1n) is 13.1. The number of nitro groups is 1. The summed E-state index contributed by atoms with van der Waals surface area (Å²) in [5.74, 6) is -2.05. The Balaban J connectivity index is 1.55. The predicted octanol–water partition coefficient (Wildman–Crippen LogP) is 6.56. The molecule has 7 nitrogen and oxygen atoms in total. The van der Waals surface area contributed by atoms with Crippen LogP contribution < -0.4 is 4.90 Å². The van der Waals surface area contributed by atoms with E-state index in [0.717, 1.165) is 5.56 Å². The minimum atomic E-state index is -1.69. The molecule has 1 fully saturated rings. The van der Waals surface area contributed by atoms with Crippen molar-refractivity contribution in [2.24, 2.45) is 5.41 Å². The summed E-state index contributed by atoms with van der Waals surface area (Å²) in [6.45, 7) is 0. The smallest absolute Gasteiger partial charge is 0.269 e. The first kappa shape index (κ1) is 25.1. The lowest BCUT2D eigenvalue weighted by Crippen LogP contribution is -2.48. The molecule has 3 aliphatic rings. The Morgan fingerprint density at radius 3 is 2.10 bits per heavy atom. The van der Waals surface area contributed by atoms with Crippen LogP contribution in [-0.4, -0.2) is 34.4 Å². The van der Waals surface area contributed by atoms with Crippen molar-refractivity contribution < 1.29 is 19.3 Å². The van der Waals surface area contributed by atoms with Crippen LogP contribution in [0.4, 0.5) is 11.4 Å². The molecule has 4 aromatic rings. The molecule has 0 aromatic heterocycles. The first-order chi connectivity index (χ1) is 19.9. The van der Waals surface area contributed by atoms with Crippen molar-refractivity contribution in [1.82, 2.24) is 0 Å². The fourth-order valence-electron chi connectivity index (χ4n) is 6.91. The van der Waals surface area contributed by atoms with Gasteiger partial charge in [-0.15, -0.1) is 0 Å². The van der Waals surface area contributed by atoms with Gasteiger partial charge in [0.1, 0.15) is 11.5 Å². The number of hydrogen-bond acceptors (Lipinski definition) is 6. The third-order valence-corrected chi connectivity index (χ3v) is 8.91. The van der Waals surface area contributed by atoms with Crippen LogP contribution in [0.15, 0.2) is 103 Å². The second-order valence-electron chi connectivity index (χ2n) is 10.5. The van der Waals surface area contributed by atoms with Gasteiger partial charge in [-0.2, -0.15) is 0 Å². The number of halogens is 1. The maximum absolute atomic E-state index is 14.6. The zero-order chi connectivity index (χ0) is 28.5. The fraction of sp³-hybridized carbons (Fsp3) is 0.121. The van der Waals surface area contributed by atoms with Gasteiger partial charge in [-0.05, 0) is 29.3 Å². The number of carbonyl (C=O) groups is 3. The van der Waals surface area contributed by atoms with Gasteiger partial charge < -0.3 is 4.90 Å². The maximum Gasteiger partial charge on any atom is 0.269 e. The molecule has 1 aliphatic carbocycles. The van der Waals surface area contributed by atoms with E-state index in [1.807, 2.05) is 41.3 Å². The van der Waals surface area contributed by atoms with Gasteiger partial charge in [0.25, 0.3) is 5.69 Å². The summed E-state index contributed by atoms with van der Waals surface area (Å²) in [7, 11) is 0. The summed E-state index contributed by atoms with van der Waals surface area (Å²) in [4.78, 5) is 56.7. The van der Waals surface area contributed by atoms with Gasteiger partial charge in [-0.3, -0.25) is 24.5 Å². The molecule has 7 rings (SSSR count). The molecule has 8 heteroatoms. The van der Waals surface area contributed by atoms with Crippen LogP contribution in [0.2, 0.25) is 5.02 Å². The normalized spacial score (nSPS) is 21.5. The Morgan fingerprint density at radius 2 is 1.44 bits per heavy atom. The van der Waals surface area contributed by atoms with Crippen LogP contribution in [0.5, 0.6) is 0 Å². The Hall–Kier alpha value is -4.88. The van der Waals surface area contributed by atoms with Crippen LogP contribution in [0.1, 0.15) is 48.1 Å². The van der Waals surface area contributed by atoms with Crippen LogP contribution in [-0.2, 0) is 0 Å².